The second kappa shape index (κ2) is 6.17. The molecule has 0 aliphatic carbocycles. The zero-order chi connectivity index (χ0) is 12.8. The Balaban J connectivity index is 1.86. The van der Waals surface area contributed by atoms with E-state index in [4.69, 9.17) is 4.74 Å². The van der Waals surface area contributed by atoms with Gasteiger partial charge in [-0.15, -0.1) is 0 Å². The third kappa shape index (κ3) is 3.31. The molecule has 1 aromatic heterocycles. The number of aliphatic hydroxyl groups excluding tert-OH is 1. The molecule has 0 bridgehead atoms. The lowest BCUT2D eigenvalue weighted by atomic mass is 10.1. The maximum absolute atomic E-state index is 10.0. The summed E-state index contributed by atoms with van der Waals surface area (Å²) in [6, 6.07) is 13.4. The first-order valence-electron chi connectivity index (χ1n) is 6.05. The van der Waals surface area contributed by atoms with Crippen LogP contribution in [-0.4, -0.2) is 16.7 Å². The van der Waals surface area contributed by atoms with Crippen molar-refractivity contribution in [3.05, 3.63) is 59.9 Å². The molecule has 0 amide bonds. The number of aryl methyl sites for hydroxylation is 1. The van der Waals surface area contributed by atoms with E-state index in [9.17, 15) is 5.11 Å². The predicted octanol–water partition coefficient (Wildman–Crippen LogP) is 2.89. The van der Waals surface area contributed by atoms with Gasteiger partial charge in [-0.1, -0.05) is 24.3 Å². The Kier molecular flexibility index (Phi) is 4.31. The van der Waals surface area contributed by atoms with Crippen molar-refractivity contribution in [3.63, 3.8) is 0 Å². The summed E-state index contributed by atoms with van der Waals surface area (Å²) in [5.74, 6) is 0.822. The van der Waals surface area contributed by atoms with Crippen LogP contribution in [0, 0.1) is 6.92 Å². The van der Waals surface area contributed by atoms with Gasteiger partial charge in [0.15, 0.2) is 0 Å². The molecular weight excluding hydrogens is 226 g/mol. The van der Waals surface area contributed by atoms with Crippen LogP contribution < -0.4 is 4.74 Å². The van der Waals surface area contributed by atoms with E-state index in [2.05, 4.69) is 4.98 Å². The molecule has 1 aromatic carbocycles. The first-order valence-corrected chi connectivity index (χ1v) is 6.05. The molecule has 0 aliphatic rings. The molecule has 0 radical (unpaired) electrons. The number of pyridine rings is 1. The second-order valence-electron chi connectivity index (χ2n) is 4.17. The third-order valence-electron chi connectivity index (χ3n) is 2.77. The van der Waals surface area contributed by atoms with Gasteiger partial charge in [0.1, 0.15) is 5.75 Å². The number of benzene rings is 1. The third-order valence-corrected chi connectivity index (χ3v) is 2.77. The highest BCUT2D eigenvalue weighted by Crippen LogP contribution is 2.18. The van der Waals surface area contributed by atoms with Crippen LogP contribution in [0.1, 0.15) is 23.8 Å². The minimum absolute atomic E-state index is 0.473. The summed E-state index contributed by atoms with van der Waals surface area (Å²) in [7, 11) is 0. The second-order valence-corrected chi connectivity index (χ2v) is 4.17. The smallest absolute Gasteiger partial charge is 0.119 e. The van der Waals surface area contributed by atoms with E-state index in [1.807, 2.05) is 49.4 Å². The van der Waals surface area contributed by atoms with Gasteiger partial charge >= 0.3 is 0 Å². The average molecular weight is 243 g/mol. The van der Waals surface area contributed by atoms with Gasteiger partial charge in [-0.3, -0.25) is 4.98 Å². The van der Waals surface area contributed by atoms with E-state index in [1.54, 1.807) is 6.20 Å². The van der Waals surface area contributed by atoms with Crippen molar-refractivity contribution in [2.75, 3.05) is 6.61 Å². The normalized spacial score (nSPS) is 12.1. The van der Waals surface area contributed by atoms with Crippen molar-refractivity contribution in [2.45, 2.75) is 19.4 Å². The molecule has 0 aliphatic heterocycles. The van der Waals surface area contributed by atoms with Gasteiger partial charge in [0, 0.05) is 12.6 Å². The van der Waals surface area contributed by atoms with E-state index in [0.717, 1.165) is 17.0 Å². The Bertz CT molecular complexity index is 485. The van der Waals surface area contributed by atoms with Crippen LogP contribution in [0.4, 0.5) is 0 Å². The number of nitrogens with zero attached hydrogens (tertiary/aromatic N) is 1. The molecule has 1 heterocycles. The van der Waals surface area contributed by atoms with Crippen LogP contribution in [0.2, 0.25) is 0 Å². The van der Waals surface area contributed by atoms with Gasteiger partial charge in [0.05, 0.1) is 18.4 Å². The van der Waals surface area contributed by atoms with Crippen molar-refractivity contribution in [1.82, 2.24) is 4.98 Å². The fourth-order valence-electron chi connectivity index (χ4n) is 1.79. The molecule has 0 saturated heterocycles. The molecule has 1 N–H and O–H groups in total. The lowest BCUT2D eigenvalue weighted by molar-refractivity contribution is 0.136. The molecule has 3 nitrogen and oxygen atoms in total. The van der Waals surface area contributed by atoms with Gasteiger partial charge < -0.3 is 9.84 Å². The minimum Gasteiger partial charge on any atom is -0.493 e. The largest absolute Gasteiger partial charge is 0.493 e. The first kappa shape index (κ1) is 12.6. The van der Waals surface area contributed by atoms with Crippen LogP contribution in [-0.2, 0) is 0 Å². The van der Waals surface area contributed by atoms with Crippen molar-refractivity contribution in [2.24, 2.45) is 0 Å². The highest BCUT2D eigenvalue weighted by atomic mass is 16.5. The number of rotatable bonds is 5. The summed E-state index contributed by atoms with van der Waals surface area (Å²) in [6.07, 6.45) is 1.66. The maximum atomic E-state index is 10.0. The Labute approximate surface area is 107 Å². The quantitative estimate of drug-likeness (QED) is 0.878. The van der Waals surface area contributed by atoms with Gasteiger partial charge in [-0.2, -0.15) is 0 Å². The Morgan fingerprint density at radius 2 is 1.94 bits per heavy atom. The fraction of sp³-hybridized carbons (Fsp3) is 0.267. The first-order chi connectivity index (χ1) is 8.77. The Morgan fingerprint density at radius 3 is 2.67 bits per heavy atom. The Morgan fingerprint density at radius 1 is 1.17 bits per heavy atom. The van der Waals surface area contributed by atoms with Crippen LogP contribution in [0.25, 0.3) is 0 Å². The summed E-state index contributed by atoms with van der Waals surface area (Å²) < 4.78 is 5.55. The highest BCUT2D eigenvalue weighted by molar-refractivity contribution is 5.21. The molecule has 1 atom stereocenters. The molecule has 2 rings (SSSR count). The monoisotopic (exact) mass is 243 g/mol. The van der Waals surface area contributed by atoms with Crippen molar-refractivity contribution >= 4 is 0 Å². The molecule has 0 fully saturated rings. The van der Waals surface area contributed by atoms with Crippen molar-refractivity contribution < 1.29 is 9.84 Å². The van der Waals surface area contributed by atoms with E-state index >= 15 is 0 Å². The molecule has 0 saturated carbocycles. The fourth-order valence-corrected chi connectivity index (χ4v) is 1.79. The molecule has 1 unspecified atom stereocenters. The van der Waals surface area contributed by atoms with Gasteiger partial charge in [0.2, 0.25) is 0 Å². The standard InChI is InChI=1S/C15H17NO2/c1-12-6-5-10-16-15(12)14(17)9-11-18-13-7-3-2-4-8-13/h2-8,10,14,17H,9,11H2,1H3. The maximum Gasteiger partial charge on any atom is 0.119 e. The highest BCUT2D eigenvalue weighted by Gasteiger charge is 2.11. The summed E-state index contributed by atoms with van der Waals surface area (Å²) in [4.78, 5) is 4.20. The number of hydrogen-bond donors (Lipinski definition) is 1. The molecule has 18 heavy (non-hydrogen) atoms. The minimum atomic E-state index is -0.574. The van der Waals surface area contributed by atoms with Gasteiger partial charge in [-0.05, 0) is 30.7 Å². The van der Waals surface area contributed by atoms with Crippen LogP contribution in [0.3, 0.4) is 0 Å². The molecule has 0 spiro atoms. The predicted molar refractivity (Wildman–Crippen MR) is 70.5 cm³/mol. The van der Waals surface area contributed by atoms with Crippen LogP contribution in [0.15, 0.2) is 48.7 Å². The van der Waals surface area contributed by atoms with Gasteiger partial charge in [-0.25, -0.2) is 0 Å². The van der Waals surface area contributed by atoms with Gasteiger partial charge in [0.25, 0.3) is 0 Å². The topological polar surface area (TPSA) is 42.4 Å². The SMILES string of the molecule is Cc1cccnc1C(O)CCOc1ccccc1. The van der Waals surface area contributed by atoms with E-state index in [1.165, 1.54) is 0 Å². The van der Waals surface area contributed by atoms with E-state index in [0.29, 0.717) is 13.0 Å². The van der Waals surface area contributed by atoms with E-state index < -0.39 is 6.10 Å². The van der Waals surface area contributed by atoms with Crippen LogP contribution in [0.5, 0.6) is 5.75 Å². The lowest BCUT2D eigenvalue weighted by Crippen LogP contribution is -2.08. The van der Waals surface area contributed by atoms with Crippen molar-refractivity contribution in [1.29, 1.82) is 0 Å². The summed E-state index contributed by atoms with van der Waals surface area (Å²) in [5, 5.41) is 10.0. The number of aromatic nitrogens is 1. The zero-order valence-electron chi connectivity index (χ0n) is 10.4. The molecule has 2 aromatic rings. The zero-order valence-corrected chi connectivity index (χ0v) is 10.4. The molecular formula is C15H17NO2. The number of hydrogen-bond acceptors (Lipinski definition) is 3. The van der Waals surface area contributed by atoms with Crippen LogP contribution >= 0.6 is 0 Å². The summed E-state index contributed by atoms with van der Waals surface area (Å²) in [5.41, 5.74) is 1.74. The Hall–Kier alpha value is -1.87. The average Bonchev–Trinajstić information content (AvgIpc) is 2.40. The van der Waals surface area contributed by atoms with Crippen molar-refractivity contribution in [3.8, 4) is 5.75 Å². The molecule has 94 valence electrons. The summed E-state index contributed by atoms with van der Waals surface area (Å²) >= 11 is 0. The summed E-state index contributed by atoms with van der Waals surface area (Å²) in [6.45, 7) is 2.42. The van der Waals surface area contributed by atoms with E-state index in [-0.39, 0.29) is 0 Å². The number of para-hydroxylation sites is 1. The number of ether oxygens (including phenoxy) is 1. The molecule has 3 heteroatoms. The lowest BCUT2D eigenvalue weighted by Gasteiger charge is -2.13. The number of aliphatic hydroxyl groups is 1.